The van der Waals surface area contributed by atoms with Crippen LogP contribution < -0.4 is 0 Å². The van der Waals surface area contributed by atoms with Gasteiger partial charge in [0.1, 0.15) is 0 Å². The van der Waals surface area contributed by atoms with E-state index in [-0.39, 0.29) is 5.41 Å². The average Bonchev–Trinajstić information content (AvgIpc) is 2.38. The van der Waals surface area contributed by atoms with Crippen molar-refractivity contribution in [2.24, 2.45) is 17.3 Å². The Morgan fingerprint density at radius 1 is 1.25 bits per heavy atom. The molecule has 1 atom stereocenters. The second kappa shape index (κ2) is 3.78. The van der Waals surface area contributed by atoms with Gasteiger partial charge in [-0.3, -0.25) is 0 Å². The third-order valence-corrected chi connectivity index (χ3v) is 3.28. The zero-order chi connectivity index (χ0) is 9.19. The third-order valence-electron chi connectivity index (χ3n) is 3.28. The zero-order valence-electron chi connectivity index (χ0n) is 8.64. The van der Waals surface area contributed by atoms with Crippen molar-refractivity contribution in [1.29, 1.82) is 0 Å². The monoisotopic (exact) mass is 170 g/mol. The fourth-order valence-electron chi connectivity index (χ4n) is 2.49. The zero-order valence-corrected chi connectivity index (χ0v) is 8.64. The van der Waals surface area contributed by atoms with Crippen LogP contribution in [0.5, 0.6) is 0 Å². The first-order chi connectivity index (χ1) is 5.55. The summed E-state index contributed by atoms with van der Waals surface area (Å²) >= 11 is 0. The van der Waals surface area contributed by atoms with Crippen molar-refractivity contribution in [2.45, 2.75) is 46.5 Å². The maximum atomic E-state index is 9.32. The normalized spacial score (nSPS) is 23.0. The van der Waals surface area contributed by atoms with E-state index in [1.165, 1.54) is 25.7 Å². The number of aliphatic hydroxyl groups is 1. The van der Waals surface area contributed by atoms with Crippen LogP contribution in [-0.2, 0) is 0 Å². The first-order valence-corrected chi connectivity index (χ1v) is 5.16. The van der Waals surface area contributed by atoms with Crippen LogP contribution in [0.2, 0.25) is 0 Å². The maximum Gasteiger partial charge on any atom is 0.0466 e. The third kappa shape index (κ3) is 2.22. The van der Waals surface area contributed by atoms with Gasteiger partial charge in [0, 0.05) is 6.61 Å². The van der Waals surface area contributed by atoms with Gasteiger partial charge < -0.3 is 5.11 Å². The molecule has 1 aliphatic rings. The Balaban J connectivity index is 2.54. The first kappa shape index (κ1) is 10.0. The molecule has 0 aromatic rings. The molecule has 1 heteroatoms. The molecule has 0 aliphatic heterocycles. The van der Waals surface area contributed by atoms with Crippen LogP contribution in [0.1, 0.15) is 46.5 Å². The molecule has 0 radical (unpaired) electrons. The number of hydrogen-bond acceptors (Lipinski definition) is 1. The molecule has 0 bridgehead atoms. The van der Waals surface area contributed by atoms with Gasteiger partial charge in [-0.25, -0.2) is 0 Å². The van der Waals surface area contributed by atoms with E-state index >= 15 is 0 Å². The van der Waals surface area contributed by atoms with E-state index in [2.05, 4.69) is 20.8 Å². The van der Waals surface area contributed by atoms with Crippen molar-refractivity contribution >= 4 is 0 Å². The first-order valence-electron chi connectivity index (χ1n) is 5.16. The van der Waals surface area contributed by atoms with E-state index in [1.807, 2.05) is 0 Å². The molecular weight excluding hydrogens is 148 g/mol. The lowest BCUT2D eigenvalue weighted by Gasteiger charge is -2.33. The lowest BCUT2D eigenvalue weighted by molar-refractivity contribution is 0.0806. The molecule has 0 spiro atoms. The summed E-state index contributed by atoms with van der Waals surface area (Å²) in [7, 11) is 0. The quantitative estimate of drug-likeness (QED) is 0.675. The van der Waals surface area contributed by atoms with Crippen molar-refractivity contribution in [3.8, 4) is 0 Å². The van der Waals surface area contributed by atoms with Gasteiger partial charge in [-0.15, -0.1) is 0 Å². The van der Waals surface area contributed by atoms with E-state index in [4.69, 9.17) is 0 Å². The summed E-state index contributed by atoms with van der Waals surface area (Å²) in [6, 6.07) is 0. The molecule has 0 heterocycles. The smallest absolute Gasteiger partial charge is 0.0466 e. The molecule has 72 valence electrons. The maximum absolute atomic E-state index is 9.32. The molecule has 0 saturated heterocycles. The van der Waals surface area contributed by atoms with Gasteiger partial charge in [-0.2, -0.15) is 0 Å². The molecule has 1 saturated carbocycles. The fraction of sp³-hybridized carbons (Fsp3) is 1.00. The van der Waals surface area contributed by atoms with E-state index < -0.39 is 0 Å². The van der Waals surface area contributed by atoms with Gasteiger partial charge in [0.15, 0.2) is 0 Å². The predicted octanol–water partition coefficient (Wildman–Crippen LogP) is 2.83. The van der Waals surface area contributed by atoms with E-state index in [0.717, 1.165) is 5.92 Å². The molecule has 1 nitrogen and oxygen atoms in total. The lowest BCUT2D eigenvalue weighted by atomic mass is 9.73. The highest BCUT2D eigenvalue weighted by Crippen LogP contribution is 2.40. The van der Waals surface area contributed by atoms with Gasteiger partial charge in [0.05, 0.1) is 0 Å². The lowest BCUT2D eigenvalue weighted by Crippen LogP contribution is -2.29. The van der Waals surface area contributed by atoms with E-state index in [1.54, 1.807) is 0 Å². The highest BCUT2D eigenvalue weighted by Gasteiger charge is 2.32. The Morgan fingerprint density at radius 3 is 2.08 bits per heavy atom. The summed E-state index contributed by atoms with van der Waals surface area (Å²) in [5.41, 5.74) is 0.282. The van der Waals surface area contributed by atoms with Crippen molar-refractivity contribution < 1.29 is 5.11 Å². The standard InChI is InChI=1S/C11H22O/c1-11(2,3)10(8-12)9-6-4-5-7-9/h9-10,12H,4-8H2,1-3H3. The number of hydrogen-bond donors (Lipinski definition) is 1. The minimum Gasteiger partial charge on any atom is -0.396 e. The minimum absolute atomic E-state index is 0.282. The molecule has 0 aromatic carbocycles. The van der Waals surface area contributed by atoms with Crippen LogP contribution >= 0.6 is 0 Å². The summed E-state index contributed by atoms with van der Waals surface area (Å²) in [6.07, 6.45) is 5.42. The summed E-state index contributed by atoms with van der Waals surface area (Å²) in [5.74, 6) is 1.30. The largest absolute Gasteiger partial charge is 0.396 e. The van der Waals surface area contributed by atoms with Crippen LogP contribution in [0, 0.1) is 17.3 Å². The Morgan fingerprint density at radius 2 is 1.75 bits per heavy atom. The molecular formula is C11H22O. The fourth-order valence-corrected chi connectivity index (χ4v) is 2.49. The summed E-state index contributed by atoms with van der Waals surface area (Å²) in [6.45, 7) is 7.10. The van der Waals surface area contributed by atoms with E-state index in [0.29, 0.717) is 12.5 Å². The van der Waals surface area contributed by atoms with Crippen LogP contribution in [0.3, 0.4) is 0 Å². The van der Waals surface area contributed by atoms with Crippen LogP contribution in [-0.4, -0.2) is 11.7 Å². The van der Waals surface area contributed by atoms with Crippen molar-refractivity contribution in [2.75, 3.05) is 6.61 Å². The highest BCUT2D eigenvalue weighted by molar-refractivity contribution is 4.82. The molecule has 12 heavy (non-hydrogen) atoms. The van der Waals surface area contributed by atoms with Gasteiger partial charge in [-0.1, -0.05) is 46.5 Å². The molecule has 1 fully saturated rings. The SMILES string of the molecule is CC(C)(C)C(CO)C1CCCC1. The Hall–Kier alpha value is -0.0400. The van der Waals surface area contributed by atoms with Gasteiger partial charge in [-0.05, 0) is 17.3 Å². The van der Waals surface area contributed by atoms with Gasteiger partial charge in [0.2, 0.25) is 0 Å². The number of rotatable bonds is 2. The molecule has 0 aromatic heterocycles. The van der Waals surface area contributed by atoms with Crippen LogP contribution in [0.25, 0.3) is 0 Å². The van der Waals surface area contributed by atoms with Crippen LogP contribution in [0.4, 0.5) is 0 Å². The van der Waals surface area contributed by atoms with E-state index in [9.17, 15) is 5.11 Å². The summed E-state index contributed by atoms with van der Waals surface area (Å²) in [5, 5.41) is 9.32. The van der Waals surface area contributed by atoms with Gasteiger partial charge >= 0.3 is 0 Å². The second-order valence-electron chi connectivity index (χ2n) is 5.20. The molecule has 1 aliphatic carbocycles. The molecule has 1 N–H and O–H groups in total. The summed E-state index contributed by atoms with van der Waals surface area (Å²) in [4.78, 5) is 0. The highest BCUT2D eigenvalue weighted by atomic mass is 16.3. The Labute approximate surface area is 76.2 Å². The second-order valence-corrected chi connectivity index (χ2v) is 5.20. The Kier molecular flexibility index (Phi) is 3.16. The van der Waals surface area contributed by atoms with Crippen molar-refractivity contribution in [3.63, 3.8) is 0 Å². The topological polar surface area (TPSA) is 20.2 Å². The molecule has 1 unspecified atom stereocenters. The van der Waals surface area contributed by atoms with Crippen molar-refractivity contribution in [3.05, 3.63) is 0 Å². The molecule has 0 amide bonds. The summed E-state index contributed by atoms with van der Waals surface area (Å²) < 4.78 is 0. The molecule has 1 rings (SSSR count). The number of aliphatic hydroxyl groups excluding tert-OH is 1. The predicted molar refractivity (Wildman–Crippen MR) is 52.0 cm³/mol. The average molecular weight is 170 g/mol. The van der Waals surface area contributed by atoms with Crippen LogP contribution in [0.15, 0.2) is 0 Å². The Bertz CT molecular complexity index is 128. The van der Waals surface area contributed by atoms with Gasteiger partial charge in [0.25, 0.3) is 0 Å². The minimum atomic E-state index is 0.282. The van der Waals surface area contributed by atoms with Crippen molar-refractivity contribution in [1.82, 2.24) is 0 Å².